The molecule has 19 heavy (non-hydrogen) atoms. The molecule has 0 radical (unpaired) electrons. The van der Waals surface area contributed by atoms with Crippen LogP contribution in [0.2, 0.25) is 0 Å². The van der Waals surface area contributed by atoms with Gasteiger partial charge in [0.2, 0.25) is 0 Å². The maximum Gasteiger partial charge on any atom is 0.407 e. The number of ether oxygens (including phenoxy) is 1. The zero-order valence-corrected chi connectivity index (χ0v) is 10.4. The summed E-state index contributed by atoms with van der Waals surface area (Å²) >= 11 is 0. The smallest absolute Gasteiger partial charge is 0.407 e. The Morgan fingerprint density at radius 2 is 1.74 bits per heavy atom. The summed E-state index contributed by atoms with van der Waals surface area (Å²) in [5, 5.41) is 1.53. The molecule has 0 fully saturated rings. The molecule has 2 N–H and O–H groups in total. The minimum absolute atomic E-state index is 0.0342. The van der Waals surface area contributed by atoms with Crippen LogP contribution in [0.5, 0.6) is 5.75 Å². The third-order valence-corrected chi connectivity index (χ3v) is 2.87. The van der Waals surface area contributed by atoms with Crippen LogP contribution in [0.1, 0.15) is 18.5 Å². The molecule has 0 saturated heterocycles. The second kappa shape index (κ2) is 5.09. The molecule has 0 saturated carbocycles. The van der Waals surface area contributed by atoms with Crippen LogP contribution in [0.3, 0.4) is 0 Å². The van der Waals surface area contributed by atoms with E-state index >= 15 is 0 Å². The number of fused-ring (bicyclic) bond motifs is 1. The fourth-order valence-electron chi connectivity index (χ4n) is 1.94. The molecule has 5 heteroatoms. The molecule has 0 aliphatic heterocycles. The van der Waals surface area contributed by atoms with Gasteiger partial charge in [0.25, 0.3) is 0 Å². The SMILES string of the molecule is CCOc1cc2ccccc2cc1[C@H](N)C(F)(F)F. The molecule has 0 bridgehead atoms. The Morgan fingerprint density at radius 3 is 2.26 bits per heavy atom. The molecule has 0 aliphatic rings. The van der Waals surface area contributed by atoms with Crippen LogP contribution in [0.25, 0.3) is 10.8 Å². The largest absolute Gasteiger partial charge is 0.494 e. The molecule has 0 spiro atoms. The second-order valence-corrected chi connectivity index (χ2v) is 4.19. The number of halogens is 3. The molecular formula is C14H14F3NO. The van der Waals surface area contributed by atoms with Crippen molar-refractivity contribution >= 4 is 10.8 Å². The zero-order chi connectivity index (χ0) is 14.0. The number of hydrogen-bond donors (Lipinski definition) is 1. The van der Waals surface area contributed by atoms with Crippen LogP contribution in [-0.4, -0.2) is 12.8 Å². The van der Waals surface area contributed by atoms with E-state index in [4.69, 9.17) is 10.5 Å². The first-order valence-corrected chi connectivity index (χ1v) is 5.91. The topological polar surface area (TPSA) is 35.2 Å². The van der Waals surface area contributed by atoms with E-state index in [-0.39, 0.29) is 17.9 Å². The van der Waals surface area contributed by atoms with E-state index in [1.54, 1.807) is 25.1 Å². The van der Waals surface area contributed by atoms with E-state index in [1.807, 2.05) is 12.1 Å². The van der Waals surface area contributed by atoms with Crippen LogP contribution >= 0.6 is 0 Å². The van der Waals surface area contributed by atoms with Gasteiger partial charge in [-0.15, -0.1) is 0 Å². The van der Waals surface area contributed by atoms with Gasteiger partial charge in [0, 0.05) is 5.56 Å². The monoisotopic (exact) mass is 269 g/mol. The summed E-state index contributed by atoms with van der Waals surface area (Å²) in [6.07, 6.45) is -4.49. The third-order valence-electron chi connectivity index (χ3n) is 2.87. The first kappa shape index (κ1) is 13.7. The number of nitrogens with two attached hydrogens (primary N) is 1. The van der Waals surface area contributed by atoms with Crippen molar-refractivity contribution < 1.29 is 17.9 Å². The number of benzene rings is 2. The van der Waals surface area contributed by atoms with Gasteiger partial charge in [0.1, 0.15) is 11.8 Å². The summed E-state index contributed by atoms with van der Waals surface area (Å²) in [7, 11) is 0. The quantitative estimate of drug-likeness (QED) is 0.919. The van der Waals surface area contributed by atoms with Crippen molar-refractivity contribution in [3.63, 3.8) is 0 Å². The lowest BCUT2D eigenvalue weighted by Crippen LogP contribution is -2.29. The number of hydrogen-bond acceptors (Lipinski definition) is 2. The lowest BCUT2D eigenvalue weighted by atomic mass is 10.0. The van der Waals surface area contributed by atoms with Gasteiger partial charge in [-0.25, -0.2) is 0 Å². The van der Waals surface area contributed by atoms with E-state index in [0.717, 1.165) is 5.39 Å². The summed E-state index contributed by atoms with van der Waals surface area (Å²) in [6.45, 7) is 2.01. The van der Waals surface area contributed by atoms with Gasteiger partial charge >= 0.3 is 6.18 Å². The second-order valence-electron chi connectivity index (χ2n) is 4.19. The molecule has 1 atom stereocenters. The highest BCUT2D eigenvalue weighted by Crippen LogP contribution is 2.37. The molecular weight excluding hydrogens is 255 g/mol. The molecule has 0 heterocycles. The molecule has 2 aromatic rings. The van der Waals surface area contributed by atoms with Crippen LogP contribution in [-0.2, 0) is 0 Å². The van der Waals surface area contributed by atoms with Gasteiger partial charge in [-0.2, -0.15) is 13.2 Å². The van der Waals surface area contributed by atoms with Gasteiger partial charge in [0.15, 0.2) is 0 Å². The van der Waals surface area contributed by atoms with E-state index < -0.39 is 12.2 Å². The Balaban J connectivity index is 2.59. The van der Waals surface area contributed by atoms with Gasteiger partial charge in [-0.1, -0.05) is 24.3 Å². The summed E-state index contributed by atoms with van der Waals surface area (Å²) in [6, 6.07) is 8.16. The van der Waals surface area contributed by atoms with Crippen LogP contribution < -0.4 is 10.5 Å². The average Bonchev–Trinajstić information content (AvgIpc) is 2.36. The maximum absolute atomic E-state index is 12.8. The molecule has 0 aromatic heterocycles. The maximum atomic E-state index is 12.8. The lowest BCUT2D eigenvalue weighted by Gasteiger charge is -2.20. The first-order valence-electron chi connectivity index (χ1n) is 5.91. The van der Waals surface area contributed by atoms with E-state index in [1.165, 1.54) is 6.07 Å². The fourth-order valence-corrected chi connectivity index (χ4v) is 1.94. The van der Waals surface area contributed by atoms with E-state index in [0.29, 0.717) is 5.39 Å². The van der Waals surface area contributed by atoms with Gasteiger partial charge in [-0.05, 0) is 29.8 Å². The van der Waals surface area contributed by atoms with Crippen molar-refractivity contribution in [3.8, 4) is 5.75 Å². The van der Waals surface area contributed by atoms with Crippen molar-refractivity contribution in [2.24, 2.45) is 5.73 Å². The number of alkyl halides is 3. The summed E-state index contributed by atoms with van der Waals surface area (Å²) in [5.41, 5.74) is 5.25. The van der Waals surface area contributed by atoms with Crippen LogP contribution in [0, 0.1) is 0 Å². The van der Waals surface area contributed by atoms with Crippen molar-refractivity contribution in [2.75, 3.05) is 6.61 Å². The average molecular weight is 269 g/mol. The lowest BCUT2D eigenvalue weighted by molar-refractivity contribution is -0.149. The Kier molecular flexibility index (Phi) is 3.66. The minimum atomic E-state index is -4.49. The molecule has 0 aliphatic carbocycles. The standard InChI is InChI=1S/C14H14F3NO/c1-2-19-12-8-10-6-4-3-5-9(10)7-11(12)13(18)14(15,16)17/h3-8,13H,2,18H2,1H3/t13-/m0/s1. The summed E-state index contributed by atoms with van der Waals surface area (Å²) < 4.78 is 43.6. The summed E-state index contributed by atoms with van der Waals surface area (Å²) in [4.78, 5) is 0. The normalized spacial score (nSPS) is 13.5. The Labute approximate surface area is 109 Å². The molecule has 2 nitrogen and oxygen atoms in total. The predicted octanol–water partition coefficient (Wildman–Crippen LogP) is 3.80. The number of rotatable bonds is 3. The predicted molar refractivity (Wildman–Crippen MR) is 68.1 cm³/mol. The highest BCUT2D eigenvalue weighted by molar-refractivity contribution is 5.85. The Bertz CT molecular complexity index is 580. The zero-order valence-electron chi connectivity index (χ0n) is 10.4. The first-order chi connectivity index (χ1) is 8.93. The van der Waals surface area contributed by atoms with Crippen molar-refractivity contribution in [3.05, 3.63) is 42.0 Å². The van der Waals surface area contributed by atoms with Crippen LogP contribution in [0.4, 0.5) is 13.2 Å². The highest BCUT2D eigenvalue weighted by Gasteiger charge is 2.39. The van der Waals surface area contributed by atoms with E-state index in [9.17, 15) is 13.2 Å². The van der Waals surface area contributed by atoms with Crippen LogP contribution in [0.15, 0.2) is 36.4 Å². The third kappa shape index (κ3) is 2.81. The molecule has 0 unspecified atom stereocenters. The molecule has 2 rings (SSSR count). The Morgan fingerprint density at radius 1 is 1.16 bits per heavy atom. The van der Waals surface area contributed by atoms with Gasteiger partial charge in [0.05, 0.1) is 6.61 Å². The summed E-state index contributed by atoms with van der Waals surface area (Å²) in [5.74, 6) is 0.186. The minimum Gasteiger partial charge on any atom is -0.494 e. The molecule has 2 aromatic carbocycles. The fraction of sp³-hybridized carbons (Fsp3) is 0.286. The van der Waals surface area contributed by atoms with E-state index in [2.05, 4.69) is 0 Å². The molecule has 0 amide bonds. The van der Waals surface area contributed by atoms with Gasteiger partial charge in [-0.3, -0.25) is 0 Å². The molecule has 102 valence electrons. The van der Waals surface area contributed by atoms with Gasteiger partial charge < -0.3 is 10.5 Å². The Hall–Kier alpha value is -1.75. The van der Waals surface area contributed by atoms with Crippen molar-refractivity contribution in [2.45, 2.75) is 19.1 Å². The highest BCUT2D eigenvalue weighted by atomic mass is 19.4. The van der Waals surface area contributed by atoms with Crippen molar-refractivity contribution in [1.82, 2.24) is 0 Å². The van der Waals surface area contributed by atoms with Crippen molar-refractivity contribution in [1.29, 1.82) is 0 Å².